The molecular weight excluding hydrogens is 440 g/mol. The molecule has 0 aliphatic rings. The minimum atomic E-state index is -0.890. The average Bonchev–Trinajstić information content (AvgIpc) is 3.26. The minimum absolute atomic E-state index is 0.0646. The lowest BCUT2D eigenvalue weighted by Gasteiger charge is -2.32. The van der Waals surface area contributed by atoms with E-state index in [1.165, 1.54) is 0 Å². The lowest BCUT2D eigenvalue weighted by Crippen LogP contribution is -2.46. The molecule has 8 heteroatoms. The third-order valence-electron chi connectivity index (χ3n) is 5.88. The molecule has 0 aliphatic heterocycles. The first-order valence-corrected chi connectivity index (χ1v) is 11.8. The van der Waals surface area contributed by atoms with E-state index in [-0.39, 0.29) is 18.4 Å². The molecule has 0 aliphatic carbocycles. The van der Waals surface area contributed by atoms with Crippen LogP contribution < -0.4 is 10.2 Å². The van der Waals surface area contributed by atoms with E-state index in [9.17, 15) is 9.59 Å². The maximum atomic E-state index is 13.9. The Morgan fingerprint density at radius 1 is 1.03 bits per heavy atom. The number of amides is 2. The van der Waals surface area contributed by atoms with Gasteiger partial charge in [-0.05, 0) is 49.1 Å². The molecule has 0 bridgehead atoms. The summed E-state index contributed by atoms with van der Waals surface area (Å²) in [5.74, 6) is -0.0802. The highest BCUT2D eigenvalue weighted by Gasteiger charge is 2.34. The van der Waals surface area contributed by atoms with Crippen LogP contribution in [-0.4, -0.2) is 38.3 Å². The number of rotatable bonds is 9. The van der Waals surface area contributed by atoms with E-state index >= 15 is 0 Å². The molecule has 35 heavy (non-hydrogen) atoms. The fraction of sp³-hybridized carbons (Fsp3) is 0.296. The molecule has 2 heterocycles. The molecule has 180 valence electrons. The van der Waals surface area contributed by atoms with Gasteiger partial charge in [-0.15, -0.1) is 5.10 Å². The van der Waals surface area contributed by atoms with Gasteiger partial charge in [0.05, 0.1) is 5.52 Å². The lowest BCUT2D eigenvalue weighted by molar-refractivity contribution is -0.127. The highest BCUT2D eigenvalue weighted by atomic mass is 16.2. The SMILES string of the molecule is Cc1ccccc1N(C(=O)Cn1nnc2ccccc21)C(C(=O)NCCC(C)C)c1cccnc1. The van der Waals surface area contributed by atoms with Crippen molar-refractivity contribution >= 4 is 28.5 Å². The number of nitrogens with one attached hydrogen (secondary N) is 1. The standard InChI is InChI=1S/C27H30N6O2/c1-19(2)14-16-29-27(35)26(21-10-8-15-28-17-21)33(23-12-6-4-9-20(23)3)25(34)18-32-24-13-7-5-11-22(24)30-31-32/h4-13,15,17,19,26H,14,16,18H2,1-3H3,(H,29,35). The van der Waals surface area contributed by atoms with Crippen molar-refractivity contribution in [1.29, 1.82) is 0 Å². The van der Waals surface area contributed by atoms with Crippen molar-refractivity contribution in [1.82, 2.24) is 25.3 Å². The number of fused-ring (bicyclic) bond motifs is 1. The van der Waals surface area contributed by atoms with Gasteiger partial charge in [0.1, 0.15) is 18.1 Å². The van der Waals surface area contributed by atoms with Gasteiger partial charge in [-0.25, -0.2) is 4.68 Å². The number of para-hydroxylation sites is 2. The molecule has 4 rings (SSSR count). The van der Waals surface area contributed by atoms with Gasteiger partial charge < -0.3 is 5.32 Å². The van der Waals surface area contributed by atoms with Crippen LogP contribution >= 0.6 is 0 Å². The first-order valence-electron chi connectivity index (χ1n) is 11.8. The zero-order valence-electron chi connectivity index (χ0n) is 20.3. The molecule has 8 nitrogen and oxygen atoms in total. The summed E-state index contributed by atoms with van der Waals surface area (Å²) in [5, 5.41) is 11.4. The van der Waals surface area contributed by atoms with Gasteiger partial charge >= 0.3 is 0 Å². The van der Waals surface area contributed by atoms with Gasteiger partial charge in [-0.3, -0.25) is 19.5 Å². The summed E-state index contributed by atoms with van der Waals surface area (Å²) in [5.41, 5.74) is 3.64. The average molecular weight is 471 g/mol. The van der Waals surface area contributed by atoms with Gasteiger partial charge in [0.25, 0.3) is 0 Å². The number of carbonyl (C=O) groups is 2. The van der Waals surface area contributed by atoms with Crippen LogP contribution in [0.25, 0.3) is 11.0 Å². The molecule has 1 atom stereocenters. The molecule has 1 unspecified atom stereocenters. The van der Waals surface area contributed by atoms with Crippen LogP contribution in [0.15, 0.2) is 73.1 Å². The van der Waals surface area contributed by atoms with E-state index in [1.807, 2.05) is 61.5 Å². The maximum Gasteiger partial charge on any atom is 0.249 e. The molecule has 2 aromatic heterocycles. The van der Waals surface area contributed by atoms with E-state index in [1.54, 1.807) is 28.0 Å². The van der Waals surface area contributed by atoms with Crippen LogP contribution in [0.2, 0.25) is 0 Å². The van der Waals surface area contributed by atoms with Crippen LogP contribution in [0.4, 0.5) is 5.69 Å². The maximum absolute atomic E-state index is 13.9. The first-order chi connectivity index (χ1) is 17.0. The van der Waals surface area contributed by atoms with E-state index < -0.39 is 6.04 Å². The molecular formula is C27H30N6O2. The van der Waals surface area contributed by atoms with Crippen LogP contribution in [0.3, 0.4) is 0 Å². The van der Waals surface area contributed by atoms with Gasteiger partial charge in [-0.2, -0.15) is 0 Å². The summed E-state index contributed by atoms with van der Waals surface area (Å²) in [7, 11) is 0. The summed E-state index contributed by atoms with van der Waals surface area (Å²) in [4.78, 5) is 33.3. The second-order valence-electron chi connectivity index (χ2n) is 8.95. The molecule has 2 aromatic carbocycles. The summed E-state index contributed by atoms with van der Waals surface area (Å²) in [6, 6.07) is 17.8. The number of aryl methyl sites for hydroxylation is 1. The lowest BCUT2D eigenvalue weighted by atomic mass is 10.0. The van der Waals surface area contributed by atoms with Gasteiger partial charge in [0.2, 0.25) is 11.8 Å². The van der Waals surface area contributed by atoms with Gasteiger partial charge in [-0.1, -0.05) is 55.5 Å². The van der Waals surface area contributed by atoms with Crippen LogP contribution in [0, 0.1) is 12.8 Å². The number of carbonyl (C=O) groups excluding carboxylic acids is 2. The van der Waals surface area contributed by atoms with Crippen molar-refractivity contribution in [2.24, 2.45) is 5.92 Å². The molecule has 0 radical (unpaired) electrons. The Balaban J connectivity index is 1.76. The Kier molecular flexibility index (Phi) is 7.50. The molecule has 1 N–H and O–H groups in total. The number of hydrogen-bond donors (Lipinski definition) is 1. The number of pyridine rings is 1. The number of anilines is 1. The predicted molar refractivity (Wildman–Crippen MR) is 136 cm³/mol. The van der Waals surface area contributed by atoms with E-state index in [0.717, 1.165) is 17.5 Å². The monoisotopic (exact) mass is 470 g/mol. The van der Waals surface area contributed by atoms with Gasteiger partial charge in [0.15, 0.2) is 0 Å². The Hall–Kier alpha value is -4.07. The summed E-state index contributed by atoms with van der Waals surface area (Å²) < 4.78 is 1.57. The van der Waals surface area contributed by atoms with Crippen molar-refractivity contribution in [3.05, 3.63) is 84.2 Å². The van der Waals surface area contributed by atoms with Crippen LogP contribution in [0.5, 0.6) is 0 Å². The van der Waals surface area contributed by atoms with E-state index in [4.69, 9.17) is 0 Å². The molecule has 0 fully saturated rings. The summed E-state index contributed by atoms with van der Waals surface area (Å²) >= 11 is 0. The van der Waals surface area contributed by atoms with Crippen molar-refractivity contribution in [3.8, 4) is 0 Å². The highest BCUT2D eigenvalue weighted by Crippen LogP contribution is 2.30. The van der Waals surface area contributed by atoms with Crippen LogP contribution in [0.1, 0.15) is 37.4 Å². The Morgan fingerprint density at radius 2 is 1.80 bits per heavy atom. The Labute approximate surface area is 205 Å². The number of aromatic nitrogens is 4. The zero-order valence-corrected chi connectivity index (χ0v) is 20.3. The fourth-order valence-electron chi connectivity index (χ4n) is 4.03. The van der Waals surface area contributed by atoms with Crippen molar-refractivity contribution in [2.45, 2.75) is 39.8 Å². The molecule has 4 aromatic rings. The predicted octanol–water partition coefficient (Wildman–Crippen LogP) is 4.07. The first kappa shape index (κ1) is 24.1. The molecule has 2 amide bonds. The Morgan fingerprint density at radius 3 is 2.54 bits per heavy atom. The van der Waals surface area contributed by atoms with E-state index in [2.05, 4.69) is 34.5 Å². The number of hydrogen-bond acceptors (Lipinski definition) is 5. The minimum Gasteiger partial charge on any atom is -0.354 e. The largest absolute Gasteiger partial charge is 0.354 e. The molecule has 0 spiro atoms. The summed E-state index contributed by atoms with van der Waals surface area (Å²) in [6.45, 7) is 6.60. The van der Waals surface area contributed by atoms with Crippen molar-refractivity contribution in [2.75, 3.05) is 11.4 Å². The quantitative estimate of drug-likeness (QED) is 0.398. The normalized spacial score (nSPS) is 12.0. The topological polar surface area (TPSA) is 93.0 Å². The zero-order chi connectivity index (χ0) is 24.8. The third-order valence-corrected chi connectivity index (χ3v) is 5.88. The number of benzene rings is 2. The highest BCUT2D eigenvalue weighted by molar-refractivity contribution is 6.02. The number of nitrogens with zero attached hydrogens (tertiary/aromatic N) is 5. The molecule has 0 saturated carbocycles. The van der Waals surface area contributed by atoms with Gasteiger partial charge in [0, 0.05) is 30.2 Å². The smallest absolute Gasteiger partial charge is 0.249 e. The molecule has 0 saturated heterocycles. The van der Waals surface area contributed by atoms with Crippen molar-refractivity contribution in [3.63, 3.8) is 0 Å². The van der Waals surface area contributed by atoms with Crippen LogP contribution in [-0.2, 0) is 16.1 Å². The second kappa shape index (κ2) is 10.9. The van der Waals surface area contributed by atoms with E-state index in [0.29, 0.717) is 29.2 Å². The Bertz CT molecular complexity index is 1300. The second-order valence-corrected chi connectivity index (χ2v) is 8.95. The van der Waals surface area contributed by atoms with Crippen molar-refractivity contribution < 1.29 is 9.59 Å². The fourth-order valence-corrected chi connectivity index (χ4v) is 4.03. The third kappa shape index (κ3) is 5.54. The summed E-state index contributed by atoms with van der Waals surface area (Å²) in [6.07, 6.45) is 4.13.